The summed E-state index contributed by atoms with van der Waals surface area (Å²) < 4.78 is 29.8. The second-order valence-electron chi connectivity index (χ2n) is 22.5. The first-order valence-corrected chi connectivity index (χ1v) is 33.8. The first-order valence-electron chi connectivity index (χ1n) is 26.4. The summed E-state index contributed by atoms with van der Waals surface area (Å²) in [6.45, 7) is 18.8. The van der Waals surface area contributed by atoms with Crippen LogP contribution < -0.4 is 129 Å². The molecule has 426 valence electrons. The van der Waals surface area contributed by atoms with Crippen LogP contribution in [-0.2, 0) is 93.4 Å². The fourth-order valence-electron chi connectivity index (χ4n) is 10.5. The average Bonchev–Trinajstić information content (AvgIpc) is 4.06. The van der Waals surface area contributed by atoms with Crippen LogP contribution in [0.2, 0.25) is 51.4 Å². The van der Waals surface area contributed by atoms with Crippen LogP contribution in [0, 0.1) is 0 Å². The number of aromatic nitrogens is 4. The molecular formula is C57H66K2N4O17Si2. The minimum atomic E-state index is -1.88. The van der Waals surface area contributed by atoms with Crippen molar-refractivity contribution in [1.29, 1.82) is 0 Å². The number of nitrogens with zero attached hydrogens (tertiary/aromatic N) is 4. The van der Waals surface area contributed by atoms with E-state index in [4.69, 9.17) is 48.8 Å². The van der Waals surface area contributed by atoms with Crippen molar-refractivity contribution in [3.63, 3.8) is 0 Å². The molecule has 3 N–H and O–H groups in total. The molecule has 4 aliphatic rings. The predicted molar refractivity (Wildman–Crippen MR) is 296 cm³/mol. The summed E-state index contributed by atoms with van der Waals surface area (Å²) in [5, 5.41) is 41.5. The molecule has 2 aromatic carbocycles. The molecule has 21 nitrogen and oxygen atoms in total. The number of aliphatic hydroxyl groups is 2. The molecule has 10 rings (SSSR count). The Morgan fingerprint density at radius 1 is 0.683 bits per heavy atom. The van der Waals surface area contributed by atoms with Crippen molar-refractivity contribution in [2.45, 2.75) is 135 Å². The van der Waals surface area contributed by atoms with Gasteiger partial charge in [-0.15, -0.1) is 0 Å². The van der Waals surface area contributed by atoms with Gasteiger partial charge in [0, 0.05) is 49.2 Å². The summed E-state index contributed by atoms with van der Waals surface area (Å²) in [6.07, 6.45) is 1.76. The molecular weight excluding hydrogens is 1150 g/mol. The van der Waals surface area contributed by atoms with Crippen molar-refractivity contribution in [3.8, 4) is 34.3 Å². The number of cyclic esters (lactones) is 2. The SMILES string of the molecule is CCOC(=O)COc1ccc2nc3c(c(CC[Si](C)(C)C)c2c1)Cn1c-3cc2c(c1=O)COC(=O)[C@]2(O)CC.CC[C@@]1(O)C(=O)OCc2c1cc1n(c2=O)Cc2c-1nc1ccc(OCC(=O)O)cc1c2CC[Si](C)(C)C.O=CO[O-].[H-].[K+].[K+]. The van der Waals surface area contributed by atoms with Gasteiger partial charge in [-0.1, -0.05) is 65.2 Å². The Kier molecular flexibility index (Phi) is 22.0. The van der Waals surface area contributed by atoms with Crippen molar-refractivity contribution < 1.29 is 177 Å². The number of fused-ring (bicyclic) bond motifs is 10. The maximum atomic E-state index is 13.6. The summed E-state index contributed by atoms with van der Waals surface area (Å²) in [5.74, 6) is -1.99. The number of aliphatic carboxylic acids is 1. The number of pyridine rings is 4. The van der Waals surface area contributed by atoms with Gasteiger partial charge >= 0.3 is 127 Å². The van der Waals surface area contributed by atoms with Gasteiger partial charge < -0.3 is 59.7 Å². The number of carboxylic acid groups (broad SMARTS) is 1. The molecule has 8 heterocycles. The van der Waals surface area contributed by atoms with Gasteiger partial charge in [-0.2, -0.15) is 0 Å². The van der Waals surface area contributed by atoms with E-state index >= 15 is 0 Å². The number of aryl methyl sites for hydroxylation is 2. The number of esters is 3. The quantitative estimate of drug-likeness (QED) is 0.0284. The van der Waals surface area contributed by atoms with E-state index in [1.54, 1.807) is 60.2 Å². The molecule has 6 aromatic rings. The van der Waals surface area contributed by atoms with E-state index in [2.05, 4.69) is 44.2 Å². The maximum absolute atomic E-state index is 13.6. The monoisotopic (exact) mass is 1210 g/mol. The molecule has 0 saturated heterocycles. The van der Waals surface area contributed by atoms with E-state index in [1.807, 2.05) is 18.2 Å². The Balaban J connectivity index is 0.000000276. The van der Waals surface area contributed by atoms with Gasteiger partial charge in [-0.05, 0) is 92.3 Å². The number of hydrogen-bond acceptors (Lipinski definition) is 18. The van der Waals surface area contributed by atoms with Gasteiger partial charge in [0.25, 0.3) is 17.6 Å². The molecule has 0 spiro atoms. The van der Waals surface area contributed by atoms with E-state index in [1.165, 1.54) is 0 Å². The first kappa shape index (κ1) is 66.8. The van der Waals surface area contributed by atoms with E-state index in [0.29, 0.717) is 69.6 Å². The van der Waals surface area contributed by atoms with E-state index < -0.39 is 57.8 Å². The molecule has 4 aromatic heterocycles. The summed E-state index contributed by atoms with van der Waals surface area (Å²) in [6, 6.07) is 16.3. The molecule has 0 radical (unpaired) electrons. The zero-order valence-corrected chi connectivity index (χ0v) is 56.5. The number of carbonyl (C=O) groups is 5. The molecule has 82 heavy (non-hydrogen) atoms. The molecule has 0 bridgehead atoms. The second kappa shape index (κ2) is 27.0. The van der Waals surface area contributed by atoms with Crippen LogP contribution in [0.4, 0.5) is 0 Å². The normalized spacial score (nSPS) is 17.0. The van der Waals surface area contributed by atoms with Gasteiger partial charge in [-0.25, -0.2) is 29.1 Å². The number of carbonyl (C=O) groups excluding carboxylic acids is 4. The Bertz CT molecular complexity index is 3640. The molecule has 0 aliphatic carbocycles. The zero-order valence-electron chi connectivity index (χ0n) is 49.2. The van der Waals surface area contributed by atoms with E-state index in [-0.39, 0.29) is 167 Å². The number of rotatable bonds is 16. The van der Waals surface area contributed by atoms with Gasteiger partial charge in [0.2, 0.25) is 0 Å². The van der Waals surface area contributed by atoms with Crippen LogP contribution in [-0.4, -0.2) is 101 Å². The number of carboxylic acids is 1. The third kappa shape index (κ3) is 13.7. The predicted octanol–water partition coefficient (Wildman–Crippen LogP) is -0.119. The Labute approximate surface area is 561 Å². The summed E-state index contributed by atoms with van der Waals surface area (Å²) in [7, 11) is -2.86. The standard InChI is InChI=1S/C29H34N2O7Si.C27H30N2O7Si.CH2O3.2K.H/c1-6-29(35)22-13-24-26-20(14-31(24)27(33)21(22)15-38-28(29)34)18(10-11-39(3,4)5)19-12-17(8-9-23(19)30-26)37-16-25(32)36-7-2;1-5-27(34)20-11-22-24-18(12-29(22)25(32)19(20)13-36-26(27)33)16(8-9-37(2,3)4)17-10-15(35-14-23(30)31)6-7-21(17)28-24;2-1-4-3;;;/h8-9,12-13,35H,6-7,10-11,14-16H2,1-5H3;6-7,10-11,34H,5,8-9,12-14H2,1-4H3,(H,30,31);1,3H;;;/q;;;2*+1;-1/p-1/t29-;27-;;;;/m00..../s1. The van der Waals surface area contributed by atoms with Crippen molar-refractivity contribution in [2.24, 2.45) is 0 Å². The number of ether oxygens (including phenoxy) is 5. The molecule has 0 fully saturated rings. The third-order valence-electron chi connectivity index (χ3n) is 14.9. The molecule has 0 amide bonds. The minimum absolute atomic E-state index is 0. The fraction of sp³-hybridized carbons (Fsp3) is 0.421. The third-order valence-corrected chi connectivity index (χ3v) is 18.4. The average molecular weight is 1210 g/mol. The van der Waals surface area contributed by atoms with Crippen molar-refractivity contribution in [3.05, 3.63) is 114 Å². The minimum Gasteiger partial charge on any atom is -1.00 e. The van der Waals surface area contributed by atoms with E-state index in [0.717, 1.165) is 63.5 Å². The Morgan fingerprint density at radius 2 is 1.09 bits per heavy atom. The summed E-state index contributed by atoms with van der Waals surface area (Å²) in [5.41, 5.74) is 4.86. The Morgan fingerprint density at radius 3 is 1.44 bits per heavy atom. The largest absolute Gasteiger partial charge is 1.00 e. The van der Waals surface area contributed by atoms with Crippen molar-refractivity contribution >= 4 is 68.3 Å². The fourth-order valence-corrected chi connectivity index (χ4v) is 12.5. The van der Waals surface area contributed by atoms with Gasteiger partial charge in [0.05, 0.1) is 64.6 Å². The maximum Gasteiger partial charge on any atom is 1.00 e. The van der Waals surface area contributed by atoms with Crippen molar-refractivity contribution in [1.82, 2.24) is 19.1 Å². The molecule has 25 heteroatoms. The first-order chi connectivity index (χ1) is 37.8. The topological polar surface area (TPSA) is 294 Å². The van der Waals surface area contributed by atoms with Crippen LogP contribution in [0.5, 0.6) is 11.5 Å². The van der Waals surface area contributed by atoms with E-state index in [9.17, 15) is 39.0 Å². The van der Waals surface area contributed by atoms with Crippen LogP contribution in [0.3, 0.4) is 0 Å². The molecule has 4 aliphatic heterocycles. The summed E-state index contributed by atoms with van der Waals surface area (Å²) >= 11 is 0. The zero-order chi connectivity index (χ0) is 58.2. The van der Waals surface area contributed by atoms with Gasteiger partial charge in [-0.3, -0.25) is 14.4 Å². The number of hydrogen-bond donors (Lipinski definition) is 3. The molecule has 2 atom stereocenters. The van der Waals surface area contributed by atoms with Gasteiger partial charge in [0.1, 0.15) is 24.7 Å². The van der Waals surface area contributed by atoms with Crippen LogP contribution in [0.1, 0.15) is 79.5 Å². The number of benzene rings is 2. The van der Waals surface area contributed by atoms with Crippen LogP contribution in [0.25, 0.3) is 44.6 Å². The van der Waals surface area contributed by atoms with Crippen LogP contribution in [0.15, 0.2) is 58.1 Å². The van der Waals surface area contributed by atoms with Crippen LogP contribution >= 0.6 is 0 Å². The molecule has 0 saturated carbocycles. The van der Waals surface area contributed by atoms with Crippen molar-refractivity contribution in [2.75, 3.05) is 19.8 Å². The summed E-state index contributed by atoms with van der Waals surface area (Å²) in [4.78, 5) is 96.1. The molecule has 0 unspecified atom stereocenters. The smallest absolute Gasteiger partial charge is 1.00 e. The second-order valence-corrected chi connectivity index (χ2v) is 33.7. The van der Waals surface area contributed by atoms with Gasteiger partial charge in [0.15, 0.2) is 24.4 Å². The Hall–Kier alpha value is -4.30.